The second kappa shape index (κ2) is 15.3. The van der Waals surface area contributed by atoms with Crippen LogP contribution in [0.15, 0.2) is 48.5 Å². The summed E-state index contributed by atoms with van der Waals surface area (Å²) >= 11 is 12.2. The molecule has 2 aliphatic heterocycles. The summed E-state index contributed by atoms with van der Waals surface area (Å²) in [7, 11) is 0. The Balaban J connectivity index is 1.55. The Bertz CT molecular complexity index is 1370. The first-order chi connectivity index (χ1) is 21.3. The molecule has 12 heteroatoms. The van der Waals surface area contributed by atoms with Gasteiger partial charge in [0.25, 0.3) is 0 Å². The SMILES string of the molecule is CC(C)(C)OC(=O)N[C@@H]1C[C@H]2C(=O)N([C@H](CCC(=O)O)C(=O)NCc3ccc(Cl)c(Cl)c3)CCC(CCc3ccccc3)N2C1. The molecule has 0 spiro atoms. The van der Waals surface area contributed by atoms with Crippen molar-refractivity contribution in [2.45, 2.75) is 95.6 Å². The Morgan fingerprint density at radius 2 is 1.80 bits per heavy atom. The van der Waals surface area contributed by atoms with E-state index in [0.717, 1.165) is 18.4 Å². The third-order valence-corrected chi connectivity index (χ3v) is 8.91. The molecule has 2 heterocycles. The van der Waals surface area contributed by atoms with Crippen LogP contribution in [0.25, 0.3) is 0 Å². The van der Waals surface area contributed by atoms with Gasteiger partial charge in [-0.3, -0.25) is 19.3 Å². The number of carboxylic acids is 1. The number of benzene rings is 2. The zero-order valence-electron chi connectivity index (χ0n) is 25.9. The van der Waals surface area contributed by atoms with Crippen LogP contribution in [0.1, 0.15) is 64.0 Å². The van der Waals surface area contributed by atoms with Crippen LogP contribution in [0.3, 0.4) is 0 Å². The molecule has 2 aromatic carbocycles. The molecule has 0 radical (unpaired) electrons. The van der Waals surface area contributed by atoms with Gasteiger partial charge >= 0.3 is 12.1 Å². The summed E-state index contributed by atoms with van der Waals surface area (Å²) in [5, 5.41) is 16.0. The van der Waals surface area contributed by atoms with Crippen LogP contribution >= 0.6 is 23.2 Å². The van der Waals surface area contributed by atoms with Gasteiger partial charge in [0.15, 0.2) is 0 Å². The molecule has 4 atom stereocenters. The van der Waals surface area contributed by atoms with E-state index in [1.807, 2.05) is 18.2 Å². The highest BCUT2D eigenvalue weighted by Crippen LogP contribution is 2.31. The van der Waals surface area contributed by atoms with Gasteiger partial charge in [0.1, 0.15) is 11.6 Å². The summed E-state index contributed by atoms with van der Waals surface area (Å²) in [5.74, 6) is -1.73. The maximum Gasteiger partial charge on any atom is 0.407 e. The Hall–Kier alpha value is -3.34. The average molecular weight is 662 g/mol. The summed E-state index contributed by atoms with van der Waals surface area (Å²) in [5.41, 5.74) is 1.24. The molecular formula is C33H42Cl2N4O6. The summed E-state index contributed by atoms with van der Waals surface area (Å²) < 4.78 is 5.47. The minimum absolute atomic E-state index is 0.00832. The monoisotopic (exact) mass is 660 g/mol. The molecule has 0 aliphatic carbocycles. The van der Waals surface area contributed by atoms with Crippen molar-refractivity contribution in [3.05, 3.63) is 69.7 Å². The van der Waals surface area contributed by atoms with E-state index in [4.69, 9.17) is 27.9 Å². The van der Waals surface area contributed by atoms with Crippen molar-refractivity contribution in [1.82, 2.24) is 20.4 Å². The fourth-order valence-corrected chi connectivity index (χ4v) is 6.41. The number of hydrogen-bond donors (Lipinski definition) is 3. The van der Waals surface area contributed by atoms with E-state index in [2.05, 4.69) is 27.7 Å². The summed E-state index contributed by atoms with van der Waals surface area (Å²) in [4.78, 5) is 55.8. The topological polar surface area (TPSA) is 128 Å². The van der Waals surface area contributed by atoms with Gasteiger partial charge in [-0.15, -0.1) is 0 Å². The number of carboxylic acid groups (broad SMARTS) is 1. The lowest BCUT2D eigenvalue weighted by Gasteiger charge is -2.32. The molecule has 45 heavy (non-hydrogen) atoms. The van der Waals surface area contributed by atoms with E-state index < -0.39 is 35.7 Å². The summed E-state index contributed by atoms with van der Waals surface area (Å²) in [6.45, 7) is 6.28. The van der Waals surface area contributed by atoms with E-state index in [0.29, 0.717) is 36.0 Å². The number of rotatable bonds is 11. The number of hydrogen-bond acceptors (Lipinski definition) is 6. The molecule has 0 aromatic heterocycles. The molecule has 10 nitrogen and oxygen atoms in total. The van der Waals surface area contributed by atoms with Gasteiger partial charge in [-0.05, 0) is 76.1 Å². The molecular weight excluding hydrogens is 619 g/mol. The molecule has 3 N–H and O–H groups in total. The molecule has 4 rings (SSSR count). The van der Waals surface area contributed by atoms with E-state index in [-0.39, 0.29) is 37.4 Å². The molecule has 2 saturated heterocycles. The lowest BCUT2D eigenvalue weighted by atomic mass is 10.0. The Morgan fingerprint density at radius 1 is 1.07 bits per heavy atom. The molecule has 1 unspecified atom stereocenters. The lowest BCUT2D eigenvalue weighted by molar-refractivity contribution is -0.144. The van der Waals surface area contributed by atoms with Crippen LogP contribution in [0.2, 0.25) is 10.0 Å². The minimum atomic E-state index is -1.05. The zero-order valence-corrected chi connectivity index (χ0v) is 27.4. The maximum absolute atomic E-state index is 14.2. The number of fused-ring (bicyclic) bond motifs is 1. The highest BCUT2D eigenvalue weighted by atomic mass is 35.5. The van der Waals surface area contributed by atoms with Gasteiger partial charge in [0.2, 0.25) is 11.8 Å². The molecule has 2 aliphatic rings. The number of aryl methyl sites for hydroxylation is 1. The molecule has 0 bridgehead atoms. The fraction of sp³-hybridized carbons (Fsp3) is 0.515. The van der Waals surface area contributed by atoms with Crippen molar-refractivity contribution < 1.29 is 29.0 Å². The number of nitrogens with zero attached hydrogens (tertiary/aromatic N) is 2. The Kier molecular flexibility index (Phi) is 11.7. The van der Waals surface area contributed by atoms with E-state index in [9.17, 15) is 24.3 Å². The predicted molar refractivity (Wildman–Crippen MR) is 172 cm³/mol. The highest BCUT2D eigenvalue weighted by molar-refractivity contribution is 6.42. The quantitative estimate of drug-likeness (QED) is 0.308. The van der Waals surface area contributed by atoms with Gasteiger partial charge in [0.05, 0.1) is 16.1 Å². The third kappa shape index (κ3) is 9.82. The molecule has 2 aromatic rings. The first kappa shape index (κ1) is 34.5. The van der Waals surface area contributed by atoms with E-state index >= 15 is 0 Å². The zero-order chi connectivity index (χ0) is 32.7. The van der Waals surface area contributed by atoms with Crippen LogP contribution in [0.4, 0.5) is 4.79 Å². The van der Waals surface area contributed by atoms with Gasteiger partial charge in [-0.1, -0.05) is 59.6 Å². The van der Waals surface area contributed by atoms with Crippen molar-refractivity contribution in [3.8, 4) is 0 Å². The van der Waals surface area contributed by atoms with Crippen molar-refractivity contribution in [1.29, 1.82) is 0 Å². The number of alkyl carbamates (subject to hydrolysis) is 1. The predicted octanol–water partition coefficient (Wildman–Crippen LogP) is 5.04. The van der Waals surface area contributed by atoms with Crippen molar-refractivity contribution in [3.63, 3.8) is 0 Å². The van der Waals surface area contributed by atoms with Crippen LogP contribution in [-0.2, 0) is 32.1 Å². The first-order valence-electron chi connectivity index (χ1n) is 15.3. The van der Waals surface area contributed by atoms with Crippen molar-refractivity contribution in [2.75, 3.05) is 13.1 Å². The summed E-state index contributed by atoms with van der Waals surface area (Å²) in [6, 6.07) is 13.3. The van der Waals surface area contributed by atoms with Crippen LogP contribution in [0.5, 0.6) is 0 Å². The Labute approximate surface area is 274 Å². The molecule has 0 saturated carbocycles. The number of aliphatic carboxylic acids is 1. The smallest absolute Gasteiger partial charge is 0.407 e. The first-order valence-corrected chi connectivity index (χ1v) is 16.1. The molecule has 3 amide bonds. The number of amides is 3. The fourth-order valence-electron chi connectivity index (χ4n) is 6.08. The molecule has 244 valence electrons. The van der Waals surface area contributed by atoms with Crippen LogP contribution < -0.4 is 10.6 Å². The van der Waals surface area contributed by atoms with E-state index in [1.165, 1.54) is 5.56 Å². The lowest BCUT2D eigenvalue weighted by Crippen LogP contribution is -2.53. The second-order valence-corrected chi connectivity index (χ2v) is 13.5. The van der Waals surface area contributed by atoms with Crippen LogP contribution in [-0.4, -0.2) is 81.6 Å². The van der Waals surface area contributed by atoms with Gasteiger partial charge < -0.3 is 25.4 Å². The minimum Gasteiger partial charge on any atom is -0.481 e. The largest absolute Gasteiger partial charge is 0.481 e. The van der Waals surface area contributed by atoms with E-state index in [1.54, 1.807) is 43.9 Å². The third-order valence-electron chi connectivity index (χ3n) is 8.17. The average Bonchev–Trinajstić information content (AvgIpc) is 3.33. The van der Waals surface area contributed by atoms with Crippen molar-refractivity contribution >= 4 is 47.1 Å². The number of halogens is 2. The number of carbonyl (C=O) groups excluding carboxylic acids is 3. The standard InChI is InChI=1S/C33H42Cl2N4O6/c1-33(2,3)45-32(44)37-23-18-28-31(43)38(16-15-24(39(28)20-23)11-9-21-7-5-4-6-8-21)27(13-14-29(40)41)30(42)36-19-22-10-12-25(34)26(35)17-22/h4-8,10,12,17,23-24,27-28H,9,11,13-16,18-20H2,1-3H3,(H,36,42)(H,37,44)(H,40,41)/t23-,24?,27-,28+/m1/s1. The number of carbonyl (C=O) groups is 4. The second-order valence-electron chi connectivity index (χ2n) is 12.7. The summed E-state index contributed by atoms with van der Waals surface area (Å²) in [6.07, 6.45) is 1.68. The Morgan fingerprint density at radius 3 is 2.47 bits per heavy atom. The van der Waals surface area contributed by atoms with Crippen molar-refractivity contribution in [2.24, 2.45) is 0 Å². The van der Waals surface area contributed by atoms with Crippen LogP contribution in [0, 0.1) is 0 Å². The van der Waals surface area contributed by atoms with Gasteiger partial charge in [0, 0.05) is 38.1 Å². The maximum atomic E-state index is 14.2. The molecule has 2 fully saturated rings. The number of nitrogens with one attached hydrogen (secondary N) is 2. The number of ether oxygens (including phenoxy) is 1. The van der Waals surface area contributed by atoms with Gasteiger partial charge in [-0.25, -0.2) is 4.79 Å². The highest BCUT2D eigenvalue weighted by Gasteiger charge is 2.47. The van der Waals surface area contributed by atoms with Gasteiger partial charge in [-0.2, -0.15) is 0 Å². The normalized spacial score (nSPS) is 21.0.